The fourth-order valence-electron chi connectivity index (χ4n) is 1.87. The van der Waals surface area contributed by atoms with E-state index in [1.807, 2.05) is 18.4 Å². The van der Waals surface area contributed by atoms with E-state index in [1.54, 1.807) is 0 Å². The Hall–Kier alpha value is -0.910. The van der Waals surface area contributed by atoms with Crippen LogP contribution in [0.5, 0.6) is 0 Å². The van der Waals surface area contributed by atoms with Crippen LogP contribution < -0.4 is 5.32 Å². The molecule has 0 radical (unpaired) electrons. The third kappa shape index (κ3) is 2.86. The summed E-state index contributed by atoms with van der Waals surface area (Å²) in [6.07, 6.45) is 1.43. The number of carbonyl (C=O) groups is 1. The smallest absolute Gasteiger partial charge is 0.261 e. The molecule has 17 heavy (non-hydrogen) atoms. The molecule has 1 aliphatic rings. The molecule has 0 aliphatic carbocycles. The van der Waals surface area contributed by atoms with Crippen LogP contribution in [0.25, 0.3) is 0 Å². The molecule has 94 valence electrons. The molecule has 1 aromatic heterocycles. The number of nitrogens with one attached hydrogen (secondary N) is 1. The van der Waals surface area contributed by atoms with Crippen LogP contribution in [0.2, 0.25) is 0 Å². The van der Waals surface area contributed by atoms with E-state index in [1.165, 1.54) is 11.3 Å². The fourth-order valence-corrected chi connectivity index (χ4v) is 2.79. The van der Waals surface area contributed by atoms with E-state index in [2.05, 4.69) is 5.32 Å². The maximum absolute atomic E-state index is 11.9. The number of aryl methyl sites for hydroxylation is 1. The average Bonchev–Trinajstić information content (AvgIpc) is 2.95. The molecule has 1 saturated heterocycles. The topological polar surface area (TPSA) is 58.6 Å². The summed E-state index contributed by atoms with van der Waals surface area (Å²) in [6, 6.07) is 1.97. The van der Waals surface area contributed by atoms with Crippen molar-refractivity contribution in [2.24, 2.45) is 0 Å². The van der Waals surface area contributed by atoms with Crippen molar-refractivity contribution in [2.45, 2.75) is 25.4 Å². The first-order valence-corrected chi connectivity index (χ1v) is 6.67. The van der Waals surface area contributed by atoms with Crippen LogP contribution in [-0.4, -0.2) is 36.4 Å². The van der Waals surface area contributed by atoms with Crippen LogP contribution in [0.1, 0.15) is 28.6 Å². The number of thiophene rings is 1. The van der Waals surface area contributed by atoms with Crippen LogP contribution in [-0.2, 0) is 11.2 Å². The Balaban J connectivity index is 1.93. The first kappa shape index (κ1) is 12.5. The molecule has 4 nitrogen and oxygen atoms in total. The standard InChI is InChI=1S/C12H17NO3S/c1-2-9-3-6-17-10(9)11(14)13-7-12(15)4-5-16-8-12/h3,6,15H,2,4-5,7-8H2,1H3,(H,13,14). The first-order chi connectivity index (χ1) is 8.14. The Kier molecular flexibility index (Phi) is 3.81. The van der Waals surface area contributed by atoms with Gasteiger partial charge in [-0.15, -0.1) is 11.3 Å². The lowest BCUT2D eigenvalue weighted by molar-refractivity contribution is 0.0265. The highest BCUT2D eigenvalue weighted by atomic mass is 32.1. The van der Waals surface area contributed by atoms with Crippen molar-refractivity contribution in [3.05, 3.63) is 21.9 Å². The minimum atomic E-state index is -0.890. The number of carbonyl (C=O) groups excluding carboxylic acids is 1. The molecular weight excluding hydrogens is 238 g/mol. The van der Waals surface area contributed by atoms with E-state index < -0.39 is 5.60 Å². The van der Waals surface area contributed by atoms with Crippen molar-refractivity contribution in [3.63, 3.8) is 0 Å². The number of rotatable bonds is 4. The Bertz CT molecular complexity index is 396. The minimum absolute atomic E-state index is 0.0998. The quantitative estimate of drug-likeness (QED) is 0.849. The summed E-state index contributed by atoms with van der Waals surface area (Å²) in [7, 11) is 0. The van der Waals surface area contributed by atoms with Crippen LogP contribution in [0.3, 0.4) is 0 Å². The van der Waals surface area contributed by atoms with Gasteiger partial charge in [-0.05, 0) is 23.4 Å². The molecular formula is C12H17NO3S. The Morgan fingerprint density at radius 2 is 2.53 bits per heavy atom. The highest BCUT2D eigenvalue weighted by molar-refractivity contribution is 7.12. The van der Waals surface area contributed by atoms with Crippen molar-refractivity contribution < 1.29 is 14.6 Å². The fraction of sp³-hybridized carbons (Fsp3) is 0.583. The van der Waals surface area contributed by atoms with E-state index in [0.717, 1.165) is 16.9 Å². The van der Waals surface area contributed by atoms with Gasteiger partial charge in [0.1, 0.15) is 5.60 Å². The second kappa shape index (κ2) is 5.16. The molecule has 1 amide bonds. The number of hydrogen-bond acceptors (Lipinski definition) is 4. The van der Waals surface area contributed by atoms with Crippen molar-refractivity contribution >= 4 is 17.2 Å². The molecule has 1 aliphatic heterocycles. The zero-order chi connectivity index (χ0) is 12.3. The second-order valence-electron chi connectivity index (χ2n) is 4.34. The van der Waals surface area contributed by atoms with Crippen LogP contribution in [0.15, 0.2) is 11.4 Å². The van der Waals surface area contributed by atoms with Gasteiger partial charge in [-0.25, -0.2) is 0 Å². The minimum Gasteiger partial charge on any atom is -0.386 e. The SMILES string of the molecule is CCc1ccsc1C(=O)NCC1(O)CCOC1. The molecule has 2 N–H and O–H groups in total. The van der Waals surface area contributed by atoms with Gasteiger partial charge in [0.15, 0.2) is 0 Å². The Labute approximate surface area is 105 Å². The number of aliphatic hydroxyl groups is 1. The predicted molar refractivity (Wildman–Crippen MR) is 66.4 cm³/mol. The largest absolute Gasteiger partial charge is 0.386 e. The van der Waals surface area contributed by atoms with E-state index in [9.17, 15) is 9.90 Å². The molecule has 1 fully saturated rings. The lowest BCUT2D eigenvalue weighted by atomic mass is 10.0. The van der Waals surface area contributed by atoms with Crippen molar-refractivity contribution in [1.29, 1.82) is 0 Å². The van der Waals surface area contributed by atoms with Gasteiger partial charge in [0, 0.05) is 19.6 Å². The first-order valence-electron chi connectivity index (χ1n) is 5.79. The van der Waals surface area contributed by atoms with Crippen LogP contribution >= 0.6 is 11.3 Å². The van der Waals surface area contributed by atoms with Gasteiger partial charge < -0.3 is 15.2 Å². The molecule has 5 heteroatoms. The van der Waals surface area contributed by atoms with E-state index in [0.29, 0.717) is 19.6 Å². The van der Waals surface area contributed by atoms with Crippen LogP contribution in [0.4, 0.5) is 0 Å². The molecule has 1 aromatic rings. The summed E-state index contributed by atoms with van der Waals surface area (Å²) < 4.78 is 5.13. The van der Waals surface area contributed by atoms with Crippen molar-refractivity contribution in [1.82, 2.24) is 5.32 Å². The van der Waals surface area contributed by atoms with Crippen LogP contribution in [0, 0.1) is 0 Å². The van der Waals surface area contributed by atoms with Gasteiger partial charge in [0.05, 0.1) is 11.5 Å². The maximum atomic E-state index is 11.9. The maximum Gasteiger partial charge on any atom is 0.261 e. The van der Waals surface area contributed by atoms with Gasteiger partial charge in [-0.2, -0.15) is 0 Å². The molecule has 1 unspecified atom stereocenters. The van der Waals surface area contributed by atoms with E-state index >= 15 is 0 Å². The average molecular weight is 255 g/mol. The highest BCUT2D eigenvalue weighted by Crippen LogP contribution is 2.19. The Morgan fingerprint density at radius 3 is 3.18 bits per heavy atom. The monoisotopic (exact) mass is 255 g/mol. The second-order valence-corrected chi connectivity index (χ2v) is 5.25. The molecule has 2 rings (SSSR count). The molecule has 0 spiro atoms. The summed E-state index contributed by atoms with van der Waals surface area (Å²) >= 11 is 1.44. The van der Waals surface area contributed by atoms with E-state index in [-0.39, 0.29) is 12.5 Å². The highest BCUT2D eigenvalue weighted by Gasteiger charge is 2.32. The van der Waals surface area contributed by atoms with Gasteiger partial charge in [0.25, 0.3) is 5.91 Å². The lowest BCUT2D eigenvalue weighted by Gasteiger charge is -2.20. The van der Waals surface area contributed by atoms with Gasteiger partial charge in [0.2, 0.25) is 0 Å². The molecule has 2 heterocycles. The van der Waals surface area contributed by atoms with E-state index in [4.69, 9.17) is 4.74 Å². The number of amides is 1. The number of hydrogen-bond donors (Lipinski definition) is 2. The van der Waals surface area contributed by atoms with Crippen molar-refractivity contribution in [2.75, 3.05) is 19.8 Å². The molecule has 0 saturated carbocycles. The zero-order valence-electron chi connectivity index (χ0n) is 9.86. The van der Waals surface area contributed by atoms with Gasteiger partial charge in [-0.1, -0.05) is 6.92 Å². The third-order valence-corrected chi connectivity index (χ3v) is 3.95. The molecule has 0 aromatic carbocycles. The predicted octanol–water partition coefficient (Wildman–Crippen LogP) is 1.19. The zero-order valence-corrected chi connectivity index (χ0v) is 10.7. The van der Waals surface area contributed by atoms with Gasteiger partial charge >= 0.3 is 0 Å². The molecule has 0 bridgehead atoms. The summed E-state index contributed by atoms with van der Waals surface area (Å²) in [5.41, 5.74) is 0.168. The third-order valence-electron chi connectivity index (χ3n) is 2.99. The normalized spacial score (nSPS) is 23.9. The van der Waals surface area contributed by atoms with Crippen molar-refractivity contribution in [3.8, 4) is 0 Å². The lowest BCUT2D eigenvalue weighted by Crippen LogP contribution is -2.43. The summed E-state index contributed by atoms with van der Waals surface area (Å²) in [5.74, 6) is -0.0998. The Morgan fingerprint density at radius 1 is 1.71 bits per heavy atom. The summed E-state index contributed by atoms with van der Waals surface area (Å²) in [4.78, 5) is 12.7. The van der Waals surface area contributed by atoms with Gasteiger partial charge in [-0.3, -0.25) is 4.79 Å². The molecule has 1 atom stereocenters. The summed E-state index contributed by atoms with van der Waals surface area (Å²) in [5, 5.41) is 14.7. The summed E-state index contributed by atoms with van der Waals surface area (Å²) in [6.45, 7) is 3.15. The number of ether oxygens (including phenoxy) is 1.